The van der Waals surface area contributed by atoms with Crippen LogP contribution in [0.25, 0.3) is 0 Å². The van der Waals surface area contributed by atoms with Crippen LogP contribution in [0.2, 0.25) is 0 Å². The Bertz CT molecular complexity index is 350. The summed E-state index contributed by atoms with van der Waals surface area (Å²) in [7, 11) is 1.81. The highest BCUT2D eigenvalue weighted by molar-refractivity contribution is 6.08. The summed E-state index contributed by atoms with van der Waals surface area (Å²) in [5.74, 6) is 0.732. The van der Waals surface area contributed by atoms with E-state index in [1.165, 1.54) is 0 Å². The van der Waals surface area contributed by atoms with Crippen molar-refractivity contribution in [1.82, 2.24) is 10.2 Å². The molecule has 0 bridgehead atoms. The highest BCUT2D eigenvalue weighted by Crippen LogP contribution is 2.47. The van der Waals surface area contributed by atoms with Gasteiger partial charge in [0.25, 0.3) is 0 Å². The fraction of sp³-hybridized carbons (Fsp3) is 0.833. The number of hydrogen-bond donors (Lipinski definition) is 2. The fourth-order valence-electron chi connectivity index (χ4n) is 3.39. The van der Waals surface area contributed by atoms with Crippen molar-refractivity contribution in [2.45, 2.75) is 45.6 Å². The third-order valence-electron chi connectivity index (χ3n) is 4.42. The summed E-state index contributed by atoms with van der Waals surface area (Å²) in [6.45, 7) is 6.70. The second kappa shape index (κ2) is 3.22. The average molecular weight is 223 g/mol. The number of urea groups is 1. The van der Waals surface area contributed by atoms with Crippen LogP contribution in [0, 0.1) is 16.7 Å². The lowest BCUT2D eigenvalue weighted by atomic mass is 9.63. The molecule has 1 heterocycles. The molecule has 0 radical (unpaired) electrons. The zero-order valence-corrected chi connectivity index (χ0v) is 10.6. The molecule has 1 saturated heterocycles. The van der Waals surface area contributed by atoms with Crippen LogP contribution in [-0.2, 0) is 0 Å². The first-order chi connectivity index (χ1) is 7.29. The number of carbonyl (C=O) groups excluding carboxylic acids is 1. The van der Waals surface area contributed by atoms with Gasteiger partial charge in [-0.1, -0.05) is 20.8 Å². The molecule has 2 rings (SSSR count). The topological polar surface area (TPSA) is 56.2 Å². The van der Waals surface area contributed by atoms with Crippen molar-refractivity contribution in [3.63, 3.8) is 0 Å². The second-order valence-electron chi connectivity index (χ2n) is 6.06. The summed E-state index contributed by atoms with van der Waals surface area (Å²) in [6.07, 6.45) is 3.03. The van der Waals surface area contributed by atoms with Crippen molar-refractivity contribution in [2.24, 2.45) is 11.3 Å². The van der Waals surface area contributed by atoms with Gasteiger partial charge in [-0.25, -0.2) is 4.79 Å². The van der Waals surface area contributed by atoms with Gasteiger partial charge in [-0.15, -0.1) is 0 Å². The Hall–Kier alpha value is -1.06. The number of rotatable bonds is 0. The molecule has 1 aliphatic carbocycles. The van der Waals surface area contributed by atoms with Gasteiger partial charge in [0.2, 0.25) is 0 Å². The molecule has 16 heavy (non-hydrogen) atoms. The van der Waals surface area contributed by atoms with E-state index in [0.717, 1.165) is 19.3 Å². The molecule has 4 heteroatoms. The highest BCUT2D eigenvalue weighted by Gasteiger charge is 2.55. The first kappa shape index (κ1) is 11.4. The maximum absolute atomic E-state index is 11.6. The number of hydrogen-bond acceptors (Lipinski definition) is 2. The molecule has 1 saturated carbocycles. The van der Waals surface area contributed by atoms with Crippen LogP contribution in [0.1, 0.15) is 40.0 Å². The van der Waals surface area contributed by atoms with E-state index in [1.807, 2.05) is 7.05 Å². The lowest BCUT2D eigenvalue weighted by Crippen LogP contribution is -2.56. The van der Waals surface area contributed by atoms with Crippen molar-refractivity contribution < 1.29 is 4.79 Å². The number of nitrogens with one attached hydrogen (secondary N) is 2. The maximum atomic E-state index is 11.6. The minimum atomic E-state index is -0.368. The normalized spacial score (nSPS) is 38.0. The number of nitrogens with zero attached hydrogens (tertiary/aromatic N) is 1. The summed E-state index contributed by atoms with van der Waals surface area (Å²) < 4.78 is 0. The summed E-state index contributed by atoms with van der Waals surface area (Å²) in [5, 5.41) is 10.7. The Balaban J connectivity index is 2.33. The molecule has 4 nitrogen and oxygen atoms in total. The fourth-order valence-corrected chi connectivity index (χ4v) is 3.39. The van der Waals surface area contributed by atoms with Crippen LogP contribution < -0.4 is 5.32 Å². The third-order valence-corrected chi connectivity index (χ3v) is 4.42. The SMILES string of the molecule is CC1CC(C)(C)CCC12C(=N)NC(=O)N2C. The van der Waals surface area contributed by atoms with Crippen LogP contribution >= 0.6 is 0 Å². The van der Waals surface area contributed by atoms with Gasteiger partial charge in [0, 0.05) is 7.05 Å². The van der Waals surface area contributed by atoms with Crippen molar-refractivity contribution in [1.29, 1.82) is 5.41 Å². The lowest BCUT2D eigenvalue weighted by molar-refractivity contribution is 0.0662. The molecule has 1 aliphatic heterocycles. The number of likely N-dealkylation sites (N-methyl/N-ethyl adjacent to an activating group) is 1. The number of amidine groups is 1. The molecule has 0 aromatic heterocycles. The van der Waals surface area contributed by atoms with Crippen LogP contribution in [-0.4, -0.2) is 29.4 Å². The van der Waals surface area contributed by atoms with Gasteiger partial charge in [-0.3, -0.25) is 10.7 Å². The third kappa shape index (κ3) is 1.35. The van der Waals surface area contributed by atoms with E-state index in [0.29, 0.717) is 17.2 Å². The van der Waals surface area contributed by atoms with Gasteiger partial charge in [0.15, 0.2) is 0 Å². The largest absolute Gasteiger partial charge is 0.323 e. The smallest absolute Gasteiger partial charge is 0.314 e. The molecule has 2 aliphatic rings. The molecule has 0 aromatic carbocycles. The minimum Gasteiger partial charge on any atom is -0.314 e. The molecule has 2 N–H and O–H groups in total. The van der Waals surface area contributed by atoms with Gasteiger partial charge in [-0.05, 0) is 30.6 Å². The highest BCUT2D eigenvalue weighted by atomic mass is 16.2. The van der Waals surface area contributed by atoms with Crippen LogP contribution in [0.4, 0.5) is 4.79 Å². The predicted octanol–water partition coefficient (Wildman–Crippen LogP) is 2.20. The van der Waals surface area contributed by atoms with Gasteiger partial charge in [0.05, 0.1) is 0 Å². The Morgan fingerprint density at radius 1 is 1.44 bits per heavy atom. The summed E-state index contributed by atoms with van der Waals surface area (Å²) in [4.78, 5) is 13.4. The molecule has 2 amide bonds. The number of carbonyl (C=O) groups is 1. The molecule has 1 spiro atoms. The first-order valence-electron chi connectivity index (χ1n) is 5.93. The van der Waals surface area contributed by atoms with Crippen molar-refractivity contribution >= 4 is 11.9 Å². The van der Waals surface area contributed by atoms with Gasteiger partial charge < -0.3 is 4.90 Å². The lowest BCUT2D eigenvalue weighted by Gasteiger charge is -2.48. The van der Waals surface area contributed by atoms with Crippen molar-refractivity contribution in [3.05, 3.63) is 0 Å². The van der Waals surface area contributed by atoms with Gasteiger partial charge in [-0.2, -0.15) is 0 Å². The summed E-state index contributed by atoms with van der Waals surface area (Å²) in [5.41, 5.74) is -0.0377. The van der Waals surface area contributed by atoms with Crippen molar-refractivity contribution in [3.8, 4) is 0 Å². The summed E-state index contributed by atoms with van der Waals surface area (Å²) in [6, 6.07) is -0.128. The minimum absolute atomic E-state index is 0.128. The monoisotopic (exact) mass is 223 g/mol. The van der Waals surface area contributed by atoms with Gasteiger partial charge in [0.1, 0.15) is 11.4 Å². The Labute approximate surface area is 96.9 Å². The Morgan fingerprint density at radius 2 is 2.06 bits per heavy atom. The van der Waals surface area contributed by atoms with Crippen LogP contribution in [0.3, 0.4) is 0 Å². The van der Waals surface area contributed by atoms with Gasteiger partial charge >= 0.3 is 6.03 Å². The Kier molecular flexibility index (Phi) is 2.30. The predicted molar refractivity (Wildman–Crippen MR) is 63.5 cm³/mol. The standard InChI is InChI=1S/C12H21N3O/c1-8-7-11(2,3)5-6-12(8)9(13)14-10(16)15(12)4/h8H,5-7H2,1-4H3,(H2,13,14,16). The van der Waals surface area contributed by atoms with E-state index in [9.17, 15) is 4.79 Å². The Morgan fingerprint density at radius 3 is 2.50 bits per heavy atom. The van der Waals surface area contributed by atoms with E-state index < -0.39 is 0 Å². The quantitative estimate of drug-likeness (QED) is 0.650. The first-order valence-corrected chi connectivity index (χ1v) is 5.93. The van der Waals surface area contributed by atoms with E-state index in [-0.39, 0.29) is 11.6 Å². The number of amides is 2. The molecule has 2 fully saturated rings. The van der Waals surface area contributed by atoms with E-state index in [2.05, 4.69) is 26.1 Å². The second-order valence-corrected chi connectivity index (χ2v) is 6.06. The van der Waals surface area contributed by atoms with Crippen LogP contribution in [0.5, 0.6) is 0 Å². The molecule has 90 valence electrons. The molecule has 2 atom stereocenters. The van der Waals surface area contributed by atoms with E-state index in [1.54, 1.807) is 4.90 Å². The summed E-state index contributed by atoms with van der Waals surface area (Å²) >= 11 is 0. The molecule has 0 aromatic rings. The molecular weight excluding hydrogens is 202 g/mol. The average Bonchev–Trinajstić information content (AvgIpc) is 2.35. The van der Waals surface area contributed by atoms with E-state index >= 15 is 0 Å². The van der Waals surface area contributed by atoms with Crippen molar-refractivity contribution in [2.75, 3.05) is 7.05 Å². The molecule has 2 unspecified atom stereocenters. The molecular formula is C12H21N3O. The van der Waals surface area contributed by atoms with E-state index in [4.69, 9.17) is 5.41 Å². The zero-order chi connectivity index (χ0) is 12.1. The van der Waals surface area contributed by atoms with Crippen LogP contribution in [0.15, 0.2) is 0 Å². The maximum Gasteiger partial charge on any atom is 0.323 e. The zero-order valence-electron chi connectivity index (χ0n) is 10.6.